The van der Waals surface area contributed by atoms with Crippen molar-refractivity contribution >= 4 is 29.2 Å². The summed E-state index contributed by atoms with van der Waals surface area (Å²) in [6.07, 6.45) is 0.0446. The van der Waals surface area contributed by atoms with E-state index in [-0.39, 0.29) is 49.2 Å². The zero-order chi connectivity index (χ0) is 25.6. The number of anilines is 1. The van der Waals surface area contributed by atoms with Crippen molar-refractivity contribution in [1.82, 2.24) is 14.7 Å². The molecule has 35 heavy (non-hydrogen) atoms. The van der Waals surface area contributed by atoms with E-state index in [0.29, 0.717) is 22.1 Å². The Balaban J connectivity index is 1.81. The third kappa shape index (κ3) is 7.13. The molecule has 0 fully saturated rings. The Morgan fingerprint density at radius 3 is 2.46 bits per heavy atom. The van der Waals surface area contributed by atoms with Crippen molar-refractivity contribution in [3.8, 4) is 5.69 Å². The quantitative estimate of drug-likeness (QED) is 0.465. The fourth-order valence-corrected chi connectivity index (χ4v) is 3.60. The fraction of sp³-hybridized carbons (Fsp3) is 0.346. The fourth-order valence-electron chi connectivity index (χ4n) is 3.38. The van der Waals surface area contributed by atoms with E-state index in [4.69, 9.17) is 16.3 Å². The number of nitrogens with one attached hydrogen (secondary N) is 1. The maximum Gasteiger partial charge on any atom is 0.245 e. The summed E-state index contributed by atoms with van der Waals surface area (Å²) in [6, 6.07) is 14.7. The minimum atomic E-state index is -0.387. The van der Waals surface area contributed by atoms with Gasteiger partial charge < -0.3 is 15.0 Å². The molecule has 3 rings (SSSR count). The Labute approximate surface area is 209 Å². The molecule has 0 atom stereocenters. The van der Waals surface area contributed by atoms with E-state index in [2.05, 4.69) is 10.4 Å². The first-order chi connectivity index (χ1) is 16.6. The molecule has 0 spiro atoms. The third-order valence-corrected chi connectivity index (χ3v) is 5.67. The van der Waals surface area contributed by atoms with E-state index in [1.165, 1.54) is 24.1 Å². The van der Waals surface area contributed by atoms with Crippen LogP contribution in [0.15, 0.2) is 54.6 Å². The van der Waals surface area contributed by atoms with Crippen molar-refractivity contribution in [2.24, 2.45) is 0 Å². The van der Waals surface area contributed by atoms with Crippen molar-refractivity contribution in [2.75, 3.05) is 32.1 Å². The molecule has 2 amide bonds. The molecule has 0 saturated carbocycles. The SMILES string of the molecule is COCCN(CC(=O)Nc1cc(C(C)(C)C)nn1-c1ccccc1Cl)C(=O)Cc1ccc(F)cc1. The molecule has 186 valence electrons. The van der Waals surface area contributed by atoms with Crippen molar-refractivity contribution < 1.29 is 18.7 Å². The molecule has 3 aromatic rings. The number of carbonyl (C=O) groups is 2. The van der Waals surface area contributed by atoms with Crippen molar-refractivity contribution in [3.63, 3.8) is 0 Å². The standard InChI is InChI=1S/C26H30ClFN4O3/c1-26(2,3)22-16-23(32(30-22)21-8-6-5-7-20(21)27)29-24(33)17-31(13-14-35-4)25(34)15-18-9-11-19(28)12-10-18/h5-12,16H,13-15,17H2,1-4H3,(H,29,33). The van der Waals surface area contributed by atoms with Crippen LogP contribution in [0.1, 0.15) is 32.0 Å². The Hall–Kier alpha value is -3.23. The second-order valence-electron chi connectivity index (χ2n) is 9.19. The first kappa shape index (κ1) is 26.4. The number of aromatic nitrogens is 2. The zero-order valence-electron chi connectivity index (χ0n) is 20.3. The minimum absolute atomic E-state index is 0.0446. The number of nitrogens with zero attached hydrogens (tertiary/aromatic N) is 3. The van der Waals surface area contributed by atoms with Crippen LogP contribution in [0.2, 0.25) is 5.02 Å². The van der Waals surface area contributed by atoms with Crippen LogP contribution in [0, 0.1) is 5.82 Å². The summed E-state index contributed by atoms with van der Waals surface area (Å²) in [5.41, 5.74) is 1.80. The smallest absolute Gasteiger partial charge is 0.245 e. The first-order valence-electron chi connectivity index (χ1n) is 11.2. The molecule has 0 aliphatic rings. The molecule has 0 radical (unpaired) electrons. The highest BCUT2D eigenvalue weighted by atomic mass is 35.5. The number of benzene rings is 2. The van der Waals surface area contributed by atoms with E-state index < -0.39 is 0 Å². The van der Waals surface area contributed by atoms with Gasteiger partial charge in [0.2, 0.25) is 11.8 Å². The molecule has 0 bridgehead atoms. The molecular weight excluding hydrogens is 471 g/mol. The van der Waals surface area contributed by atoms with Crippen LogP contribution < -0.4 is 5.32 Å². The molecule has 0 aliphatic heterocycles. The Morgan fingerprint density at radius 2 is 1.83 bits per heavy atom. The Bertz CT molecular complexity index is 1170. The largest absolute Gasteiger partial charge is 0.383 e. The molecule has 0 aliphatic carbocycles. The molecule has 2 aromatic carbocycles. The van der Waals surface area contributed by atoms with Gasteiger partial charge >= 0.3 is 0 Å². The van der Waals surface area contributed by atoms with Gasteiger partial charge in [-0.3, -0.25) is 9.59 Å². The summed E-state index contributed by atoms with van der Waals surface area (Å²) in [4.78, 5) is 27.4. The van der Waals surface area contributed by atoms with Gasteiger partial charge in [-0.15, -0.1) is 0 Å². The summed E-state index contributed by atoms with van der Waals surface area (Å²) in [5, 5.41) is 8.05. The summed E-state index contributed by atoms with van der Waals surface area (Å²) >= 11 is 6.40. The molecule has 0 saturated heterocycles. The molecular formula is C26H30ClFN4O3. The van der Waals surface area contributed by atoms with Crippen molar-refractivity contribution in [1.29, 1.82) is 0 Å². The van der Waals surface area contributed by atoms with Crippen LogP contribution in [0.4, 0.5) is 10.2 Å². The lowest BCUT2D eigenvalue weighted by molar-refractivity contribution is -0.134. The summed E-state index contributed by atoms with van der Waals surface area (Å²) in [6.45, 7) is 6.41. The molecule has 1 aromatic heterocycles. The van der Waals surface area contributed by atoms with Gasteiger partial charge in [-0.1, -0.05) is 56.6 Å². The summed E-state index contributed by atoms with van der Waals surface area (Å²) in [7, 11) is 1.53. The average Bonchev–Trinajstić information content (AvgIpc) is 3.22. The van der Waals surface area contributed by atoms with Gasteiger partial charge in [0, 0.05) is 25.1 Å². The lowest BCUT2D eigenvalue weighted by Gasteiger charge is -2.22. The molecule has 7 nitrogen and oxygen atoms in total. The number of hydrogen-bond acceptors (Lipinski definition) is 4. The number of rotatable bonds is 9. The van der Waals surface area contributed by atoms with Crippen molar-refractivity contribution in [2.45, 2.75) is 32.6 Å². The van der Waals surface area contributed by atoms with Crippen LogP contribution in [0.3, 0.4) is 0 Å². The number of ether oxygens (including phenoxy) is 1. The van der Waals surface area contributed by atoms with E-state index >= 15 is 0 Å². The van der Waals surface area contributed by atoms with Gasteiger partial charge in [0.25, 0.3) is 0 Å². The lowest BCUT2D eigenvalue weighted by atomic mass is 9.92. The number of amides is 2. The minimum Gasteiger partial charge on any atom is -0.383 e. The first-order valence-corrected chi connectivity index (χ1v) is 11.6. The zero-order valence-corrected chi connectivity index (χ0v) is 21.1. The van der Waals surface area contributed by atoms with Gasteiger partial charge in [0.15, 0.2) is 0 Å². The maximum absolute atomic E-state index is 13.2. The van der Waals surface area contributed by atoms with E-state index in [1.807, 2.05) is 39.0 Å². The predicted octanol–water partition coefficient (Wildman–Crippen LogP) is 4.62. The number of hydrogen-bond donors (Lipinski definition) is 1. The Kier molecular flexibility index (Phi) is 8.64. The topological polar surface area (TPSA) is 76.5 Å². The number of carbonyl (C=O) groups excluding carboxylic acids is 2. The second kappa shape index (κ2) is 11.5. The van der Waals surface area contributed by atoms with Crippen molar-refractivity contribution in [3.05, 3.63) is 76.7 Å². The third-order valence-electron chi connectivity index (χ3n) is 5.35. The predicted molar refractivity (Wildman–Crippen MR) is 134 cm³/mol. The number of methoxy groups -OCH3 is 1. The average molecular weight is 501 g/mol. The summed E-state index contributed by atoms with van der Waals surface area (Å²) in [5.74, 6) is -0.576. The van der Waals surface area contributed by atoms with Crippen LogP contribution in [-0.4, -0.2) is 53.3 Å². The van der Waals surface area contributed by atoms with E-state index in [0.717, 1.165) is 5.69 Å². The highest BCUT2D eigenvalue weighted by molar-refractivity contribution is 6.32. The maximum atomic E-state index is 13.2. The molecule has 1 N–H and O–H groups in total. The van der Waals surface area contributed by atoms with Gasteiger partial charge in [-0.05, 0) is 29.8 Å². The van der Waals surface area contributed by atoms with Crippen LogP contribution in [0.25, 0.3) is 5.69 Å². The van der Waals surface area contributed by atoms with Crippen LogP contribution in [-0.2, 0) is 26.2 Å². The highest BCUT2D eigenvalue weighted by Crippen LogP contribution is 2.29. The van der Waals surface area contributed by atoms with Crippen LogP contribution in [0.5, 0.6) is 0 Å². The van der Waals surface area contributed by atoms with Gasteiger partial charge in [-0.25, -0.2) is 9.07 Å². The molecule has 9 heteroatoms. The van der Waals surface area contributed by atoms with Crippen LogP contribution >= 0.6 is 11.6 Å². The highest BCUT2D eigenvalue weighted by Gasteiger charge is 2.24. The molecule has 1 heterocycles. The molecule has 0 unspecified atom stereocenters. The number of para-hydroxylation sites is 1. The normalized spacial score (nSPS) is 11.4. The Morgan fingerprint density at radius 1 is 1.14 bits per heavy atom. The van der Waals surface area contributed by atoms with Gasteiger partial charge in [0.1, 0.15) is 11.6 Å². The van der Waals surface area contributed by atoms with E-state index in [9.17, 15) is 14.0 Å². The van der Waals surface area contributed by atoms with E-state index in [1.54, 1.807) is 28.9 Å². The monoisotopic (exact) mass is 500 g/mol. The summed E-state index contributed by atoms with van der Waals surface area (Å²) < 4.78 is 19.9. The lowest BCUT2D eigenvalue weighted by Crippen LogP contribution is -2.41. The second-order valence-corrected chi connectivity index (χ2v) is 9.59. The number of halogens is 2. The van der Waals surface area contributed by atoms with Gasteiger partial charge in [-0.2, -0.15) is 5.10 Å². The van der Waals surface area contributed by atoms with Gasteiger partial charge in [0.05, 0.1) is 36.0 Å².